The molecule has 1 aliphatic rings. The van der Waals surface area contributed by atoms with Crippen LogP contribution < -0.4 is 5.32 Å². The molecule has 0 atom stereocenters. The van der Waals surface area contributed by atoms with Gasteiger partial charge in [0.15, 0.2) is 5.69 Å². The molecule has 3 heterocycles. The molecule has 1 fully saturated rings. The molecule has 0 saturated carbocycles. The summed E-state index contributed by atoms with van der Waals surface area (Å²) in [5.41, 5.74) is 1.57. The first kappa shape index (κ1) is 14.8. The number of nitrogens with zero attached hydrogens (tertiary/aromatic N) is 2. The molecule has 1 aliphatic heterocycles. The van der Waals surface area contributed by atoms with Crippen LogP contribution in [-0.2, 0) is 6.54 Å². The Morgan fingerprint density at radius 2 is 2.27 bits per heavy atom. The zero-order valence-electron chi connectivity index (χ0n) is 12.7. The van der Waals surface area contributed by atoms with E-state index in [1.54, 1.807) is 25.5 Å². The van der Waals surface area contributed by atoms with Gasteiger partial charge in [0.25, 0.3) is 5.91 Å². The summed E-state index contributed by atoms with van der Waals surface area (Å²) in [6, 6.07) is 3.66. The molecule has 6 heteroatoms. The maximum atomic E-state index is 11.9. The van der Waals surface area contributed by atoms with Gasteiger partial charge in [0.2, 0.25) is 0 Å². The van der Waals surface area contributed by atoms with Gasteiger partial charge < -0.3 is 14.3 Å². The van der Waals surface area contributed by atoms with Crippen molar-refractivity contribution < 1.29 is 13.7 Å². The Morgan fingerprint density at radius 3 is 2.91 bits per heavy atom. The lowest BCUT2D eigenvalue weighted by Gasteiger charge is -2.31. The monoisotopic (exact) mass is 303 g/mol. The van der Waals surface area contributed by atoms with E-state index in [-0.39, 0.29) is 5.91 Å². The Morgan fingerprint density at radius 1 is 1.45 bits per heavy atom. The van der Waals surface area contributed by atoms with Gasteiger partial charge in [-0.15, -0.1) is 0 Å². The molecule has 22 heavy (non-hydrogen) atoms. The number of carbonyl (C=O) groups is 1. The number of rotatable bonds is 5. The van der Waals surface area contributed by atoms with Crippen molar-refractivity contribution in [3.8, 4) is 0 Å². The minimum absolute atomic E-state index is 0.155. The van der Waals surface area contributed by atoms with Crippen LogP contribution in [-0.4, -0.2) is 35.6 Å². The van der Waals surface area contributed by atoms with Crippen LogP contribution in [0.2, 0.25) is 0 Å². The van der Waals surface area contributed by atoms with Crippen molar-refractivity contribution in [3.63, 3.8) is 0 Å². The number of hydrogen-bond donors (Lipinski definition) is 1. The minimum atomic E-state index is -0.155. The van der Waals surface area contributed by atoms with Crippen LogP contribution in [0.3, 0.4) is 0 Å². The van der Waals surface area contributed by atoms with Gasteiger partial charge in [-0.25, -0.2) is 0 Å². The summed E-state index contributed by atoms with van der Waals surface area (Å²) in [5.74, 6) is 1.02. The van der Waals surface area contributed by atoms with Gasteiger partial charge in [-0.2, -0.15) is 0 Å². The lowest BCUT2D eigenvalue weighted by Crippen LogP contribution is -2.38. The van der Waals surface area contributed by atoms with Gasteiger partial charge >= 0.3 is 0 Å². The maximum absolute atomic E-state index is 11.9. The van der Waals surface area contributed by atoms with E-state index in [1.807, 2.05) is 6.07 Å². The van der Waals surface area contributed by atoms with E-state index < -0.39 is 0 Å². The van der Waals surface area contributed by atoms with Crippen molar-refractivity contribution in [2.24, 2.45) is 5.92 Å². The molecule has 6 nitrogen and oxygen atoms in total. The van der Waals surface area contributed by atoms with Crippen molar-refractivity contribution in [1.29, 1.82) is 0 Å². The number of likely N-dealkylation sites (tertiary alicyclic amines) is 1. The Bertz CT molecular complexity index is 598. The van der Waals surface area contributed by atoms with Crippen molar-refractivity contribution in [3.05, 3.63) is 41.7 Å². The molecule has 1 amide bonds. The van der Waals surface area contributed by atoms with Crippen LogP contribution in [0, 0.1) is 12.8 Å². The van der Waals surface area contributed by atoms with Crippen LogP contribution in [0.4, 0.5) is 0 Å². The lowest BCUT2D eigenvalue weighted by atomic mass is 9.96. The highest BCUT2D eigenvalue weighted by atomic mass is 16.5. The number of aryl methyl sites for hydroxylation is 1. The van der Waals surface area contributed by atoms with Gasteiger partial charge in [-0.1, -0.05) is 5.16 Å². The van der Waals surface area contributed by atoms with E-state index >= 15 is 0 Å². The Labute approximate surface area is 129 Å². The summed E-state index contributed by atoms with van der Waals surface area (Å²) in [7, 11) is 0. The predicted molar refractivity (Wildman–Crippen MR) is 80.3 cm³/mol. The topological polar surface area (TPSA) is 71.5 Å². The fourth-order valence-electron chi connectivity index (χ4n) is 2.79. The molecule has 2 aromatic heterocycles. The zero-order valence-corrected chi connectivity index (χ0v) is 12.7. The lowest BCUT2D eigenvalue weighted by molar-refractivity contribution is 0.0926. The third-order valence-corrected chi connectivity index (χ3v) is 4.11. The largest absolute Gasteiger partial charge is 0.472 e. The van der Waals surface area contributed by atoms with E-state index in [2.05, 4.69) is 15.4 Å². The molecule has 3 rings (SSSR count). The second-order valence-electron chi connectivity index (χ2n) is 5.88. The number of carbonyl (C=O) groups excluding carboxylic acids is 1. The molecule has 0 spiro atoms. The van der Waals surface area contributed by atoms with Gasteiger partial charge in [-0.05, 0) is 44.8 Å². The summed E-state index contributed by atoms with van der Waals surface area (Å²) in [6.07, 6.45) is 5.70. The minimum Gasteiger partial charge on any atom is -0.472 e. The highest BCUT2D eigenvalue weighted by molar-refractivity contribution is 5.92. The smallest absolute Gasteiger partial charge is 0.273 e. The third-order valence-electron chi connectivity index (χ3n) is 4.11. The molecule has 2 aromatic rings. The van der Waals surface area contributed by atoms with Crippen molar-refractivity contribution >= 4 is 5.91 Å². The molecular formula is C16H21N3O3. The number of piperidine rings is 1. The molecule has 0 aromatic carbocycles. The summed E-state index contributed by atoms with van der Waals surface area (Å²) >= 11 is 0. The van der Waals surface area contributed by atoms with E-state index in [0.29, 0.717) is 23.9 Å². The first-order valence-corrected chi connectivity index (χ1v) is 7.65. The van der Waals surface area contributed by atoms with Crippen molar-refractivity contribution in [1.82, 2.24) is 15.4 Å². The van der Waals surface area contributed by atoms with Gasteiger partial charge in [0.05, 0.1) is 12.5 Å². The molecule has 1 saturated heterocycles. The molecule has 0 unspecified atom stereocenters. The van der Waals surface area contributed by atoms with Crippen LogP contribution in [0.25, 0.3) is 0 Å². The molecule has 1 N–H and O–H groups in total. The van der Waals surface area contributed by atoms with E-state index in [4.69, 9.17) is 8.94 Å². The first-order chi connectivity index (χ1) is 10.7. The predicted octanol–water partition coefficient (Wildman–Crippen LogP) is 2.22. The van der Waals surface area contributed by atoms with Crippen LogP contribution in [0.5, 0.6) is 0 Å². The number of hydrogen-bond acceptors (Lipinski definition) is 5. The summed E-state index contributed by atoms with van der Waals surface area (Å²) in [6.45, 7) is 5.52. The van der Waals surface area contributed by atoms with E-state index in [0.717, 1.165) is 32.5 Å². The molecule has 0 radical (unpaired) electrons. The Balaban J connectivity index is 1.39. The Hall–Kier alpha value is -2.08. The highest BCUT2D eigenvalue weighted by Crippen LogP contribution is 2.18. The number of nitrogens with one attached hydrogen (secondary N) is 1. The molecule has 0 bridgehead atoms. The second-order valence-corrected chi connectivity index (χ2v) is 5.88. The number of amides is 1. The summed E-state index contributed by atoms with van der Waals surface area (Å²) < 4.78 is 10.0. The summed E-state index contributed by atoms with van der Waals surface area (Å²) in [5, 5.41) is 6.68. The van der Waals surface area contributed by atoms with Gasteiger partial charge in [0.1, 0.15) is 5.76 Å². The average Bonchev–Trinajstić information content (AvgIpc) is 3.18. The molecule has 0 aliphatic carbocycles. The SMILES string of the molecule is Cc1cc(C(=O)NCC2CCN(Cc3ccoc3)CC2)no1. The Kier molecular flexibility index (Phi) is 4.58. The highest BCUT2D eigenvalue weighted by Gasteiger charge is 2.20. The van der Waals surface area contributed by atoms with E-state index in [9.17, 15) is 4.79 Å². The third kappa shape index (κ3) is 3.76. The number of furan rings is 1. The van der Waals surface area contributed by atoms with Crippen molar-refractivity contribution in [2.45, 2.75) is 26.3 Å². The van der Waals surface area contributed by atoms with E-state index in [1.165, 1.54) is 5.56 Å². The van der Waals surface area contributed by atoms with Crippen LogP contribution in [0.1, 0.15) is 34.7 Å². The van der Waals surface area contributed by atoms with Crippen LogP contribution in [0.15, 0.2) is 33.6 Å². The van der Waals surface area contributed by atoms with Crippen LogP contribution >= 0.6 is 0 Å². The average molecular weight is 303 g/mol. The maximum Gasteiger partial charge on any atom is 0.273 e. The normalized spacial score (nSPS) is 16.8. The fraction of sp³-hybridized carbons (Fsp3) is 0.500. The summed E-state index contributed by atoms with van der Waals surface area (Å²) in [4.78, 5) is 14.3. The standard InChI is InChI=1S/C16H21N3O3/c1-12-8-15(18-22-12)16(20)17-9-13-2-5-19(6-3-13)10-14-4-7-21-11-14/h4,7-8,11,13H,2-3,5-6,9-10H2,1H3,(H,17,20). The quantitative estimate of drug-likeness (QED) is 0.917. The van der Waals surface area contributed by atoms with Crippen molar-refractivity contribution in [2.75, 3.05) is 19.6 Å². The molecular weight excluding hydrogens is 282 g/mol. The zero-order chi connectivity index (χ0) is 15.4. The van der Waals surface area contributed by atoms with Gasteiger partial charge in [-0.3, -0.25) is 9.69 Å². The molecule has 118 valence electrons. The first-order valence-electron chi connectivity index (χ1n) is 7.65. The fourth-order valence-corrected chi connectivity index (χ4v) is 2.79. The van der Waals surface area contributed by atoms with Gasteiger partial charge in [0, 0.05) is 24.7 Å². The second kappa shape index (κ2) is 6.79. The number of aromatic nitrogens is 1.